The van der Waals surface area contributed by atoms with E-state index in [0.717, 1.165) is 11.8 Å². The third-order valence-corrected chi connectivity index (χ3v) is 5.23. The Balaban J connectivity index is 1.75. The maximum Gasteiger partial charge on any atom is 0.264 e. The van der Waals surface area contributed by atoms with Crippen molar-refractivity contribution in [1.82, 2.24) is 5.32 Å². The molecule has 132 valence electrons. The molecule has 26 heavy (non-hydrogen) atoms. The molecule has 1 heterocycles. The van der Waals surface area contributed by atoms with Crippen molar-refractivity contribution in [3.63, 3.8) is 0 Å². The molecule has 1 aliphatic rings. The van der Waals surface area contributed by atoms with Crippen molar-refractivity contribution in [3.05, 3.63) is 72.5 Å². The molecule has 4 nitrogen and oxygen atoms in total. The molecule has 0 bridgehead atoms. The summed E-state index contributed by atoms with van der Waals surface area (Å²) in [4.78, 5) is 12.5. The zero-order valence-electron chi connectivity index (χ0n) is 12.8. The first kappa shape index (κ1) is 19.3. The molecule has 2 aromatic rings. The summed E-state index contributed by atoms with van der Waals surface area (Å²) in [5, 5.41) is 12.9. The highest BCUT2D eigenvalue weighted by Crippen LogP contribution is 2.29. The molecule has 1 fully saturated rings. The minimum absolute atomic E-state index is 0.278. The second-order valence-electron chi connectivity index (χ2n) is 5.05. The highest BCUT2D eigenvalue weighted by molar-refractivity contribution is 8.18. The summed E-state index contributed by atoms with van der Waals surface area (Å²) < 4.78 is 0. The number of carbonyl (C=O) groups is 1. The molecule has 1 N–H and O–H groups in total. The average Bonchev–Trinajstić information content (AvgIpc) is 2.92. The highest BCUT2D eigenvalue weighted by Gasteiger charge is 2.24. The minimum Gasteiger partial charge on any atom is -0.299 e. The number of halogens is 4. The maximum absolute atomic E-state index is 12.1. The van der Waals surface area contributed by atoms with Crippen molar-refractivity contribution in [2.24, 2.45) is 10.2 Å². The van der Waals surface area contributed by atoms with Crippen LogP contribution < -0.4 is 5.32 Å². The van der Waals surface area contributed by atoms with E-state index in [2.05, 4.69) is 15.5 Å². The van der Waals surface area contributed by atoms with Gasteiger partial charge in [0.25, 0.3) is 5.91 Å². The summed E-state index contributed by atoms with van der Waals surface area (Å²) in [7, 11) is 0. The van der Waals surface area contributed by atoms with Gasteiger partial charge in [0.05, 0.1) is 16.1 Å². The van der Waals surface area contributed by atoms with E-state index < -0.39 is 0 Å². The van der Waals surface area contributed by atoms with Crippen LogP contribution in [-0.4, -0.2) is 17.3 Å². The number of nitrogens with one attached hydrogen (secondary N) is 1. The monoisotopic (exact) mass is 443 g/mol. The number of amidine groups is 1. The lowest BCUT2D eigenvalue weighted by atomic mass is 10.2. The van der Waals surface area contributed by atoms with Crippen molar-refractivity contribution < 1.29 is 4.79 Å². The minimum atomic E-state index is -0.278. The number of amides is 1. The fourth-order valence-corrected chi connectivity index (χ4v) is 3.67. The van der Waals surface area contributed by atoms with Gasteiger partial charge in [-0.3, -0.25) is 10.1 Å². The third-order valence-electron chi connectivity index (χ3n) is 3.21. The largest absolute Gasteiger partial charge is 0.299 e. The molecular weight excluding hydrogens is 436 g/mol. The van der Waals surface area contributed by atoms with Gasteiger partial charge in [-0.05, 0) is 47.7 Å². The van der Waals surface area contributed by atoms with Crippen molar-refractivity contribution in [2.45, 2.75) is 0 Å². The van der Waals surface area contributed by atoms with E-state index in [1.807, 2.05) is 0 Å². The van der Waals surface area contributed by atoms with E-state index in [-0.39, 0.29) is 5.91 Å². The van der Waals surface area contributed by atoms with E-state index in [1.54, 1.807) is 42.5 Å². The Morgan fingerprint density at radius 1 is 0.923 bits per heavy atom. The first-order chi connectivity index (χ1) is 12.4. The molecule has 2 aromatic carbocycles. The van der Waals surface area contributed by atoms with Crippen molar-refractivity contribution in [1.29, 1.82) is 0 Å². The topological polar surface area (TPSA) is 53.8 Å². The van der Waals surface area contributed by atoms with Gasteiger partial charge in [-0.25, -0.2) is 0 Å². The Hall–Kier alpha value is -1.50. The fraction of sp³-hybridized carbons (Fsp3) is 0. The van der Waals surface area contributed by atoms with Gasteiger partial charge in [0, 0.05) is 20.6 Å². The second-order valence-corrected chi connectivity index (χ2v) is 7.76. The predicted molar refractivity (Wildman–Crippen MR) is 112 cm³/mol. The van der Waals surface area contributed by atoms with Gasteiger partial charge in [0.15, 0.2) is 5.17 Å². The first-order valence-electron chi connectivity index (χ1n) is 7.14. The number of carbonyl (C=O) groups excluding carboxylic acids is 1. The molecule has 0 aromatic heterocycles. The Labute approximate surface area is 173 Å². The molecule has 0 saturated carbocycles. The van der Waals surface area contributed by atoms with Crippen LogP contribution in [0, 0.1) is 0 Å². The van der Waals surface area contributed by atoms with Gasteiger partial charge in [0.2, 0.25) is 0 Å². The quantitative estimate of drug-likeness (QED) is 0.364. The average molecular weight is 445 g/mol. The zero-order chi connectivity index (χ0) is 18.7. The first-order valence-corrected chi connectivity index (χ1v) is 9.47. The van der Waals surface area contributed by atoms with Crippen molar-refractivity contribution >= 4 is 81.5 Å². The Bertz CT molecular complexity index is 972. The fourth-order valence-electron chi connectivity index (χ4n) is 1.98. The third kappa shape index (κ3) is 4.81. The van der Waals surface area contributed by atoms with E-state index in [4.69, 9.17) is 46.4 Å². The van der Waals surface area contributed by atoms with Gasteiger partial charge >= 0.3 is 0 Å². The van der Waals surface area contributed by atoms with Crippen LogP contribution in [0.1, 0.15) is 11.1 Å². The summed E-state index contributed by atoms with van der Waals surface area (Å²) in [6.45, 7) is 0. The van der Waals surface area contributed by atoms with Crippen LogP contribution in [0.25, 0.3) is 6.08 Å². The van der Waals surface area contributed by atoms with Crippen LogP contribution in [0.15, 0.2) is 51.5 Å². The molecule has 0 spiro atoms. The second kappa shape index (κ2) is 8.46. The van der Waals surface area contributed by atoms with Gasteiger partial charge in [-0.1, -0.05) is 58.5 Å². The number of hydrogen-bond donors (Lipinski definition) is 1. The molecule has 1 aliphatic heterocycles. The molecule has 0 atom stereocenters. The highest BCUT2D eigenvalue weighted by atomic mass is 35.5. The molecule has 3 rings (SSSR count). The van der Waals surface area contributed by atoms with Gasteiger partial charge < -0.3 is 0 Å². The summed E-state index contributed by atoms with van der Waals surface area (Å²) in [6, 6.07) is 10.1. The zero-order valence-corrected chi connectivity index (χ0v) is 16.7. The van der Waals surface area contributed by atoms with E-state index in [9.17, 15) is 4.79 Å². The predicted octanol–water partition coefficient (Wildman–Crippen LogP) is 5.89. The normalized spacial score (nSPS) is 17.5. The van der Waals surface area contributed by atoms with E-state index >= 15 is 0 Å². The van der Waals surface area contributed by atoms with E-state index in [1.165, 1.54) is 6.21 Å². The number of benzene rings is 2. The molecule has 0 radical (unpaired) electrons. The van der Waals surface area contributed by atoms with Crippen LogP contribution in [0.3, 0.4) is 0 Å². The molecule has 1 amide bonds. The Morgan fingerprint density at radius 2 is 1.54 bits per heavy atom. The number of rotatable bonds is 3. The summed E-state index contributed by atoms with van der Waals surface area (Å²) in [5.74, 6) is -0.278. The molecule has 1 saturated heterocycles. The van der Waals surface area contributed by atoms with Crippen LogP contribution >= 0.6 is 58.2 Å². The number of nitrogens with zero attached hydrogens (tertiary/aromatic N) is 2. The standard InChI is InChI=1S/C17H9Cl4N3OS/c18-11-3-1-9(13(20)6-11)5-15-16(25)23-17(26-15)24-22-8-10-2-4-12(19)7-14(10)21/h1-8H,(H,23,24,25)/b15-5+,22-8-. The number of thioether (sulfide) groups is 1. The molecular formula is C17H9Cl4N3OS. The Kier molecular flexibility index (Phi) is 6.27. The Morgan fingerprint density at radius 3 is 2.15 bits per heavy atom. The van der Waals surface area contributed by atoms with Crippen LogP contribution in [0.2, 0.25) is 20.1 Å². The molecule has 0 aliphatic carbocycles. The van der Waals surface area contributed by atoms with Gasteiger partial charge in [0.1, 0.15) is 0 Å². The molecule has 0 unspecified atom stereocenters. The van der Waals surface area contributed by atoms with Crippen LogP contribution in [-0.2, 0) is 4.79 Å². The smallest absolute Gasteiger partial charge is 0.264 e. The van der Waals surface area contributed by atoms with Crippen molar-refractivity contribution in [3.8, 4) is 0 Å². The lowest BCUT2D eigenvalue weighted by Crippen LogP contribution is -2.19. The summed E-state index contributed by atoms with van der Waals surface area (Å²) >= 11 is 25.1. The lowest BCUT2D eigenvalue weighted by Gasteiger charge is -1.99. The van der Waals surface area contributed by atoms with Crippen LogP contribution in [0.5, 0.6) is 0 Å². The lowest BCUT2D eigenvalue weighted by molar-refractivity contribution is -0.115. The van der Waals surface area contributed by atoms with Gasteiger partial charge in [-0.2, -0.15) is 5.10 Å². The number of hydrogen-bond acceptors (Lipinski definition) is 4. The van der Waals surface area contributed by atoms with Crippen LogP contribution in [0.4, 0.5) is 0 Å². The molecule has 9 heteroatoms. The maximum atomic E-state index is 12.1. The van der Waals surface area contributed by atoms with E-state index in [0.29, 0.717) is 41.3 Å². The summed E-state index contributed by atoms with van der Waals surface area (Å²) in [6.07, 6.45) is 3.15. The SMILES string of the molecule is O=C1N/C(=N\N=C/c2ccc(Cl)cc2Cl)S/C1=C/c1ccc(Cl)cc1Cl. The van der Waals surface area contributed by atoms with Crippen molar-refractivity contribution in [2.75, 3.05) is 0 Å². The van der Waals surface area contributed by atoms with Gasteiger partial charge in [-0.15, -0.1) is 5.10 Å². The summed E-state index contributed by atoms with van der Waals surface area (Å²) in [5.41, 5.74) is 1.35.